The van der Waals surface area contributed by atoms with Gasteiger partial charge in [-0.25, -0.2) is 9.97 Å². The average Bonchev–Trinajstić information content (AvgIpc) is 2.45. The van der Waals surface area contributed by atoms with Crippen molar-refractivity contribution in [2.45, 2.75) is 39.2 Å². The molecular formula is C16H22N4. The lowest BCUT2D eigenvalue weighted by Crippen LogP contribution is -2.18. The molecule has 1 unspecified atom stereocenters. The van der Waals surface area contributed by atoms with Crippen LogP contribution in [0.15, 0.2) is 36.4 Å². The van der Waals surface area contributed by atoms with E-state index in [1.54, 1.807) is 6.07 Å². The number of hydrogen-bond donors (Lipinski definition) is 2. The third-order valence-electron chi connectivity index (χ3n) is 3.21. The van der Waals surface area contributed by atoms with Gasteiger partial charge in [-0.1, -0.05) is 37.3 Å². The second-order valence-corrected chi connectivity index (χ2v) is 5.02. The van der Waals surface area contributed by atoms with Crippen LogP contribution in [0.2, 0.25) is 0 Å². The molecule has 2 aromatic rings. The van der Waals surface area contributed by atoms with Crippen LogP contribution in [0.25, 0.3) is 0 Å². The van der Waals surface area contributed by atoms with E-state index in [2.05, 4.69) is 46.5 Å². The smallest absolute Gasteiger partial charge is 0.132 e. The molecule has 1 aromatic carbocycles. The predicted octanol–water partition coefficient (Wildman–Crippen LogP) is 3.05. The molecule has 0 amide bonds. The van der Waals surface area contributed by atoms with E-state index >= 15 is 0 Å². The number of anilines is 2. The zero-order valence-corrected chi connectivity index (χ0v) is 12.1. The number of rotatable bonds is 6. The second-order valence-electron chi connectivity index (χ2n) is 5.02. The largest absolute Gasteiger partial charge is 0.384 e. The highest BCUT2D eigenvalue weighted by Crippen LogP contribution is 2.12. The number of nitrogens with one attached hydrogen (secondary N) is 1. The molecule has 0 bridgehead atoms. The molecule has 0 aliphatic heterocycles. The fourth-order valence-corrected chi connectivity index (χ4v) is 2.10. The van der Waals surface area contributed by atoms with Crippen LogP contribution in [0.1, 0.15) is 31.7 Å². The number of nitrogen functional groups attached to an aromatic ring is 1. The summed E-state index contributed by atoms with van der Waals surface area (Å²) < 4.78 is 0. The van der Waals surface area contributed by atoms with E-state index in [1.165, 1.54) is 5.56 Å². The van der Waals surface area contributed by atoms with Crippen molar-refractivity contribution in [3.05, 3.63) is 47.8 Å². The molecule has 2 rings (SSSR count). The van der Waals surface area contributed by atoms with Crippen molar-refractivity contribution >= 4 is 11.6 Å². The Balaban J connectivity index is 1.91. The van der Waals surface area contributed by atoms with Crippen molar-refractivity contribution in [1.82, 2.24) is 9.97 Å². The topological polar surface area (TPSA) is 63.8 Å². The summed E-state index contributed by atoms with van der Waals surface area (Å²) in [5.74, 6) is 2.12. The van der Waals surface area contributed by atoms with Gasteiger partial charge in [0.1, 0.15) is 17.5 Å². The van der Waals surface area contributed by atoms with Gasteiger partial charge in [-0.2, -0.15) is 0 Å². The molecule has 3 N–H and O–H groups in total. The fraction of sp³-hybridized carbons (Fsp3) is 0.375. The third kappa shape index (κ3) is 4.23. The minimum absolute atomic E-state index is 0.342. The van der Waals surface area contributed by atoms with E-state index in [1.807, 2.05) is 13.0 Å². The van der Waals surface area contributed by atoms with Crippen LogP contribution in [-0.2, 0) is 12.8 Å². The van der Waals surface area contributed by atoms with Gasteiger partial charge in [0.05, 0.1) is 0 Å². The standard InChI is InChI=1S/C16H22N4/c1-3-15-19-14(17)11-16(20-15)18-12(2)9-10-13-7-5-4-6-8-13/h4-8,11-12H,3,9-10H2,1-2H3,(H3,17,18,19,20). The summed E-state index contributed by atoms with van der Waals surface area (Å²) >= 11 is 0. The van der Waals surface area contributed by atoms with E-state index in [4.69, 9.17) is 5.73 Å². The first kappa shape index (κ1) is 14.3. The predicted molar refractivity (Wildman–Crippen MR) is 83.7 cm³/mol. The monoisotopic (exact) mass is 270 g/mol. The maximum absolute atomic E-state index is 5.78. The van der Waals surface area contributed by atoms with Gasteiger partial charge in [0, 0.05) is 18.5 Å². The summed E-state index contributed by atoms with van der Waals surface area (Å²) in [7, 11) is 0. The van der Waals surface area contributed by atoms with Crippen LogP contribution in [-0.4, -0.2) is 16.0 Å². The molecule has 106 valence electrons. The highest BCUT2D eigenvalue weighted by Gasteiger charge is 2.06. The molecule has 0 spiro atoms. The molecule has 0 radical (unpaired) electrons. The summed E-state index contributed by atoms with van der Waals surface area (Å²) in [6.07, 6.45) is 2.89. The molecule has 0 fully saturated rings. The molecule has 20 heavy (non-hydrogen) atoms. The SMILES string of the molecule is CCc1nc(N)cc(NC(C)CCc2ccccc2)n1. The minimum atomic E-state index is 0.342. The molecule has 0 aliphatic carbocycles. The Bertz CT molecular complexity index is 539. The van der Waals surface area contributed by atoms with Gasteiger partial charge in [-0.05, 0) is 25.3 Å². The van der Waals surface area contributed by atoms with Crippen LogP contribution in [0, 0.1) is 0 Å². The van der Waals surface area contributed by atoms with Gasteiger partial charge in [0.2, 0.25) is 0 Å². The zero-order chi connectivity index (χ0) is 14.4. The molecule has 0 saturated carbocycles. The molecule has 1 atom stereocenters. The molecule has 1 aromatic heterocycles. The Morgan fingerprint density at radius 2 is 1.95 bits per heavy atom. The zero-order valence-electron chi connectivity index (χ0n) is 12.1. The quantitative estimate of drug-likeness (QED) is 0.846. The lowest BCUT2D eigenvalue weighted by Gasteiger charge is -2.15. The second kappa shape index (κ2) is 6.89. The van der Waals surface area contributed by atoms with Crippen LogP contribution in [0.5, 0.6) is 0 Å². The first-order valence-corrected chi connectivity index (χ1v) is 7.11. The molecular weight excluding hydrogens is 248 g/mol. The number of hydrogen-bond acceptors (Lipinski definition) is 4. The van der Waals surface area contributed by atoms with Crippen molar-refractivity contribution in [3.63, 3.8) is 0 Å². The first-order valence-electron chi connectivity index (χ1n) is 7.11. The number of aryl methyl sites for hydroxylation is 2. The fourth-order valence-electron chi connectivity index (χ4n) is 2.10. The van der Waals surface area contributed by atoms with Crippen LogP contribution in [0.4, 0.5) is 11.6 Å². The normalized spacial score (nSPS) is 12.1. The van der Waals surface area contributed by atoms with Gasteiger partial charge in [0.25, 0.3) is 0 Å². The van der Waals surface area contributed by atoms with E-state index in [0.29, 0.717) is 11.9 Å². The third-order valence-corrected chi connectivity index (χ3v) is 3.21. The summed E-state index contributed by atoms with van der Waals surface area (Å²) in [5, 5.41) is 3.40. The summed E-state index contributed by atoms with van der Waals surface area (Å²) in [5.41, 5.74) is 7.14. The molecule has 0 aliphatic rings. The van der Waals surface area contributed by atoms with Gasteiger partial charge in [-0.3, -0.25) is 0 Å². The average molecular weight is 270 g/mol. The van der Waals surface area contributed by atoms with Gasteiger partial charge >= 0.3 is 0 Å². The van der Waals surface area contributed by atoms with Crippen molar-refractivity contribution in [2.75, 3.05) is 11.1 Å². The van der Waals surface area contributed by atoms with Crippen molar-refractivity contribution in [3.8, 4) is 0 Å². The maximum Gasteiger partial charge on any atom is 0.132 e. The van der Waals surface area contributed by atoms with Gasteiger partial charge in [0.15, 0.2) is 0 Å². The molecule has 0 saturated heterocycles. The van der Waals surface area contributed by atoms with Crippen LogP contribution >= 0.6 is 0 Å². The lowest BCUT2D eigenvalue weighted by molar-refractivity contribution is 0.701. The van der Waals surface area contributed by atoms with E-state index < -0.39 is 0 Å². The lowest BCUT2D eigenvalue weighted by atomic mass is 10.1. The number of nitrogens with two attached hydrogens (primary N) is 1. The highest BCUT2D eigenvalue weighted by atomic mass is 15.1. The minimum Gasteiger partial charge on any atom is -0.384 e. The van der Waals surface area contributed by atoms with Gasteiger partial charge in [-0.15, -0.1) is 0 Å². The Morgan fingerprint density at radius 3 is 2.65 bits per heavy atom. The van der Waals surface area contributed by atoms with E-state index in [0.717, 1.165) is 30.9 Å². The number of aromatic nitrogens is 2. The first-order chi connectivity index (χ1) is 9.67. The van der Waals surface area contributed by atoms with Gasteiger partial charge < -0.3 is 11.1 Å². The van der Waals surface area contributed by atoms with Crippen molar-refractivity contribution in [2.24, 2.45) is 0 Å². The molecule has 4 heteroatoms. The Kier molecular flexibility index (Phi) is 4.93. The van der Waals surface area contributed by atoms with E-state index in [-0.39, 0.29) is 0 Å². The van der Waals surface area contributed by atoms with Crippen molar-refractivity contribution in [1.29, 1.82) is 0 Å². The number of nitrogens with zero attached hydrogens (tertiary/aromatic N) is 2. The molecule has 1 heterocycles. The maximum atomic E-state index is 5.78. The van der Waals surface area contributed by atoms with Crippen LogP contribution < -0.4 is 11.1 Å². The van der Waals surface area contributed by atoms with Crippen LogP contribution in [0.3, 0.4) is 0 Å². The van der Waals surface area contributed by atoms with E-state index in [9.17, 15) is 0 Å². The summed E-state index contributed by atoms with van der Waals surface area (Å²) in [4.78, 5) is 8.62. The number of benzene rings is 1. The molecule has 4 nitrogen and oxygen atoms in total. The van der Waals surface area contributed by atoms with Crippen molar-refractivity contribution < 1.29 is 0 Å². The Hall–Kier alpha value is -2.10. The highest BCUT2D eigenvalue weighted by molar-refractivity contribution is 5.45. The Morgan fingerprint density at radius 1 is 1.20 bits per heavy atom. The summed E-state index contributed by atoms with van der Waals surface area (Å²) in [6.45, 7) is 4.18. The Labute approximate surface area is 120 Å². The summed E-state index contributed by atoms with van der Waals surface area (Å²) in [6, 6.07) is 12.6.